The first-order chi connectivity index (χ1) is 20.9. The molecular weight excluding hydrogens is 520 g/mol. The minimum absolute atomic E-state index is 0.383. The summed E-state index contributed by atoms with van der Waals surface area (Å²) in [6, 6.07) is 31.8. The number of anilines is 2. The van der Waals surface area contributed by atoms with Gasteiger partial charge in [0, 0.05) is 29.1 Å². The van der Waals surface area contributed by atoms with Crippen LogP contribution in [0.3, 0.4) is 0 Å². The molecule has 0 saturated heterocycles. The second-order valence-electron chi connectivity index (χ2n) is 12.6. The van der Waals surface area contributed by atoms with Crippen LogP contribution in [0.1, 0.15) is 141 Å². The fraction of sp³-hybridized carbons (Fsp3) is 0.415. The minimum atomic E-state index is 0.383. The Hall–Kier alpha value is -3.52. The number of rotatable bonds is 15. The molecule has 228 valence electrons. The molecular formula is C41H54N2. The molecule has 0 bridgehead atoms. The Morgan fingerprint density at radius 1 is 0.465 bits per heavy atom. The number of hydrogen-bond acceptors (Lipinski definition) is 2. The molecule has 0 aliphatic heterocycles. The number of nitrogens with two attached hydrogens (primary N) is 2. The monoisotopic (exact) mass is 574 g/mol. The van der Waals surface area contributed by atoms with Crippen LogP contribution in [0.4, 0.5) is 11.4 Å². The summed E-state index contributed by atoms with van der Waals surface area (Å²) in [6.07, 6.45) is 11.3. The molecule has 0 aliphatic rings. The van der Waals surface area contributed by atoms with E-state index in [-0.39, 0.29) is 0 Å². The molecule has 43 heavy (non-hydrogen) atoms. The van der Waals surface area contributed by atoms with Gasteiger partial charge in [0.1, 0.15) is 0 Å². The van der Waals surface area contributed by atoms with Crippen LogP contribution in [-0.4, -0.2) is 0 Å². The van der Waals surface area contributed by atoms with E-state index in [1.807, 2.05) is 12.1 Å². The minimum Gasteiger partial charge on any atom is -0.399 e. The molecule has 0 spiro atoms. The molecule has 2 heteroatoms. The van der Waals surface area contributed by atoms with Gasteiger partial charge in [0.25, 0.3) is 0 Å². The van der Waals surface area contributed by atoms with Crippen molar-refractivity contribution in [1.82, 2.24) is 0 Å². The van der Waals surface area contributed by atoms with Crippen LogP contribution in [0, 0.1) is 13.8 Å². The maximum Gasteiger partial charge on any atom is 0.0316 e. The van der Waals surface area contributed by atoms with Gasteiger partial charge in [-0.1, -0.05) is 120 Å². The molecule has 0 heterocycles. The van der Waals surface area contributed by atoms with Crippen LogP contribution < -0.4 is 11.5 Å². The fourth-order valence-corrected chi connectivity index (χ4v) is 7.03. The predicted molar refractivity (Wildman–Crippen MR) is 188 cm³/mol. The van der Waals surface area contributed by atoms with Crippen molar-refractivity contribution in [2.24, 2.45) is 0 Å². The van der Waals surface area contributed by atoms with Gasteiger partial charge in [0.15, 0.2) is 0 Å². The third kappa shape index (κ3) is 8.31. The Kier molecular flexibility index (Phi) is 11.9. The van der Waals surface area contributed by atoms with Crippen molar-refractivity contribution in [3.8, 4) is 0 Å². The van der Waals surface area contributed by atoms with Gasteiger partial charge in [-0.3, -0.25) is 0 Å². The number of nitrogen functional groups attached to an aromatic ring is 2. The van der Waals surface area contributed by atoms with Crippen molar-refractivity contribution in [1.29, 1.82) is 0 Å². The predicted octanol–water partition coefficient (Wildman–Crippen LogP) is 11.4. The number of unbranched alkanes of at least 4 members (excludes halogenated alkanes) is 5. The lowest BCUT2D eigenvalue weighted by atomic mass is 9.81. The normalized spacial score (nSPS) is 13.5. The maximum absolute atomic E-state index is 6.06. The molecule has 0 aliphatic carbocycles. The van der Waals surface area contributed by atoms with Gasteiger partial charge >= 0.3 is 0 Å². The van der Waals surface area contributed by atoms with Crippen LogP contribution in [0.25, 0.3) is 0 Å². The summed E-state index contributed by atoms with van der Waals surface area (Å²) < 4.78 is 0. The SMILES string of the molecule is CCCCCCCCC(c1ccc(C(CC)c2ccc(N)cc2C)cc1)c1ccc(C(CC)c2ccc(N)cc2C)cc1. The Morgan fingerprint density at radius 2 is 0.837 bits per heavy atom. The largest absolute Gasteiger partial charge is 0.399 e. The number of hydrogen-bond donors (Lipinski definition) is 2. The summed E-state index contributed by atoms with van der Waals surface area (Å²) in [7, 11) is 0. The van der Waals surface area contributed by atoms with E-state index in [1.165, 1.54) is 89.5 Å². The zero-order chi connectivity index (χ0) is 30.8. The standard InChI is InChI=1S/C41H54N2/c1-6-9-10-11-12-13-14-41(33-19-15-31(16-20-33)37(7-2)39-25-23-35(42)27-29(39)4)34-21-17-32(18-22-34)38(8-3)40-26-24-36(43)28-30(40)5/h15-28,37-38,41H,6-14,42-43H2,1-5H3. The summed E-state index contributed by atoms with van der Waals surface area (Å²) in [5.41, 5.74) is 24.7. The molecule has 0 amide bonds. The van der Waals surface area contributed by atoms with Crippen LogP contribution in [-0.2, 0) is 0 Å². The number of aryl methyl sites for hydroxylation is 2. The Balaban J connectivity index is 1.59. The number of benzene rings is 4. The molecule has 4 aromatic rings. The summed E-state index contributed by atoms with van der Waals surface area (Å²) >= 11 is 0. The van der Waals surface area contributed by atoms with Crippen molar-refractivity contribution >= 4 is 11.4 Å². The third-order valence-electron chi connectivity index (χ3n) is 9.48. The summed E-state index contributed by atoms with van der Waals surface area (Å²) in [5.74, 6) is 1.17. The second-order valence-corrected chi connectivity index (χ2v) is 12.6. The van der Waals surface area contributed by atoms with Crippen molar-refractivity contribution in [2.45, 2.75) is 110 Å². The van der Waals surface area contributed by atoms with Crippen molar-refractivity contribution in [3.63, 3.8) is 0 Å². The van der Waals surface area contributed by atoms with E-state index < -0.39 is 0 Å². The van der Waals surface area contributed by atoms with Crippen molar-refractivity contribution < 1.29 is 0 Å². The lowest BCUT2D eigenvalue weighted by Gasteiger charge is -2.23. The van der Waals surface area contributed by atoms with E-state index >= 15 is 0 Å². The average Bonchev–Trinajstić information content (AvgIpc) is 3.00. The zero-order valence-corrected chi connectivity index (χ0v) is 27.3. The first kappa shape index (κ1) is 32.4. The third-order valence-corrected chi connectivity index (χ3v) is 9.48. The van der Waals surface area contributed by atoms with Crippen LogP contribution in [0.2, 0.25) is 0 Å². The molecule has 0 fully saturated rings. The van der Waals surface area contributed by atoms with Crippen molar-refractivity contribution in [3.05, 3.63) is 129 Å². The van der Waals surface area contributed by atoms with Gasteiger partial charge in [0.05, 0.1) is 0 Å². The highest BCUT2D eigenvalue weighted by Crippen LogP contribution is 2.37. The summed E-state index contributed by atoms with van der Waals surface area (Å²) in [5, 5.41) is 0. The second kappa shape index (κ2) is 15.8. The molecule has 2 unspecified atom stereocenters. The fourth-order valence-electron chi connectivity index (χ4n) is 7.03. The van der Waals surface area contributed by atoms with Crippen molar-refractivity contribution in [2.75, 3.05) is 11.5 Å². The van der Waals surface area contributed by atoms with Gasteiger partial charge < -0.3 is 11.5 Å². The molecule has 0 aromatic heterocycles. The molecule has 4 aromatic carbocycles. The van der Waals surface area contributed by atoms with Gasteiger partial charge in [-0.15, -0.1) is 0 Å². The van der Waals surface area contributed by atoms with Gasteiger partial charge in [0.2, 0.25) is 0 Å². The van der Waals surface area contributed by atoms with Gasteiger partial charge in [-0.25, -0.2) is 0 Å². The van der Waals surface area contributed by atoms with E-state index in [9.17, 15) is 0 Å². The lowest BCUT2D eigenvalue weighted by Crippen LogP contribution is -2.06. The Labute approximate surface area is 261 Å². The highest BCUT2D eigenvalue weighted by atomic mass is 14.5. The topological polar surface area (TPSA) is 52.0 Å². The van der Waals surface area contributed by atoms with E-state index in [1.54, 1.807) is 0 Å². The lowest BCUT2D eigenvalue weighted by molar-refractivity contribution is 0.568. The van der Waals surface area contributed by atoms with Crippen LogP contribution in [0.15, 0.2) is 84.9 Å². The van der Waals surface area contributed by atoms with E-state index in [0.717, 1.165) is 24.2 Å². The van der Waals surface area contributed by atoms with Crippen LogP contribution in [0.5, 0.6) is 0 Å². The highest BCUT2D eigenvalue weighted by molar-refractivity contribution is 5.49. The molecule has 0 saturated carbocycles. The molecule has 4 rings (SSSR count). The average molecular weight is 575 g/mol. The maximum atomic E-state index is 6.06. The Morgan fingerprint density at radius 3 is 1.21 bits per heavy atom. The zero-order valence-electron chi connectivity index (χ0n) is 27.3. The first-order valence-electron chi connectivity index (χ1n) is 16.8. The molecule has 0 radical (unpaired) electrons. The highest BCUT2D eigenvalue weighted by Gasteiger charge is 2.19. The quantitative estimate of drug-likeness (QED) is 0.110. The smallest absolute Gasteiger partial charge is 0.0316 e. The molecule has 2 nitrogen and oxygen atoms in total. The first-order valence-corrected chi connectivity index (χ1v) is 16.8. The molecule has 4 N–H and O–H groups in total. The van der Waals surface area contributed by atoms with Gasteiger partial charge in [-0.2, -0.15) is 0 Å². The molecule has 2 atom stereocenters. The van der Waals surface area contributed by atoms with E-state index in [0.29, 0.717) is 17.8 Å². The van der Waals surface area contributed by atoms with E-state index in [4.69, 9.17) is 11.5 Å². The van der Waals surface area contributed by atoms with Crippen LogP contribution >= 0.6 is 0 Å². The Bertz CT molecular complexity index is 1310. The summed E-state index contributed by atoms with van der Waals surface area (Å²) in [4.78, 5) is 0. The van der Waals surface area contributed by atoms with Gasteiger partial charge in [-0.05, 0) is 102 Å². The van der Waals surface area contributed by atoms with E-state index in [2.05, 4.69) is 107 Å². The summed E-state index contributed by atoms with van der Waals surface area (Å²) in [6.45, 7) is 11.2.